The third-order valence-corrected chi connectivity index (χ3v) is 3.18. The normalized spacial score (nSPS) is 23.9. The summed E-state index contributed by atoms with van der Waals surface area (Å²) in [5, 5.41) is 9.05. The molecule has 1 atom stereocenters. The molecule has 1 aromatic heterocycles. The molecule has 0 radical (unpaired) electrons. The van der Waals surface area contributed by atoms with Crippen molar-refractivity contribution in [3.05, 3.63) is 23.3 Å². The highest BCUT2D eigenvalue weighted by molar-refractivity contribution is 5.85. The first-order valence-electron chi connectivity index (χ1n) is 5.98. The van der Waals surface area contributed by atoms with Gasteiger partial charge in [-0.05, 0) is 31.7 Å². The Bertz CT molecular complexity index is 451. The number of nitrogens with zero attached hydrogens (tertiary/aromatic N) is 2. The van der Waals surface area contributed by atoms with Gasteiger partial charge in [0.15, 0.2) is 5.69 Å². The van der Waals surface area contributed by atoms with Gasteiger partial charge >= 0.3 is 5.97 Å². The van der Waals surface area contributed by atoms with E-state index in [2.05, 4.69) is 9.97 Å². The van der Waals surface area contributed by atoms with E-state index in [0.717, 1.165) is 38.0 Å². The summed E-state index contributed by atoms with van der Waals surface area (Å²) in [6.07, 6.45) is 4.01. The number of hydrogen-bond acceptors (Lipinski definition) is 4. The predicted octanol–water partition coefficient (Wildman–Crippen LogP) is 1.90. The van der Waals surface area contributed by atoms with E-state index >= 15 is 0 Å². The molecule has 5 nitrogen and oxygen atoms in total. The molecule has 1 N–H and O–H groups in total. The Morgan fingerprint density at radius 2 is 2.18 bits per heavy atom. The van der Waals surface area contributed by atoms with Gasteiger partial charge in [0, 0.05) is 12.5 Å². The van der Waals surface area contributed by atoms with Gasteiger partial charge in [-0.25, -0.2) is 14.8 Å². The lowest BCUT2D eigenvalue weighted by Gasteiger charge is -2.10. The van der Waals surface area contributed by atoms with Crippen LogP contribution in [0.5, 0.6) is 0 Å². The van der Waals surface area contributed by atoms with E-state index < -0.39 is 5.97 Å². The molecular formula is C12H14N2O3. The minimum absolute atomic E-state index is 0.0476. The molecule has 1 aliphatic carbocycles. The lowest BCUT2D eigenvalue weighted by atomic mass is 10.1. The maximum absolute atomic E-state index is 11.0. The summed E-state index contributed by atoms with van der Waals surface area (Å²) >= 11 is 0. The van der Waals surface area contributed by atoms with Crippen molar-refractivity contribution in [2.45, 2.75) is 37.7 Å². The molecule has 0 bridgehead atoms. The van der Waals surface area contributed by atoms with Crippen molar-refractivity contribution in [1.29, 1.82) is 0 Å². The number of carboxylic acids is 1. The van der Waals surface area contributed by atoms with Crippen molar-refractivity contribution in [3.8, 4) is 0 Å². The molecule has 5 heteroatoms. The van der Waals surface area contributed by atoms with Gasteiger partial charge in [-0.1, -0.05) is 0 Å². The van der Waals surface area contributed by atoms with E-state index in [0.29, 0.717) is 11.7 Å². The van der Waals surface area contributed by atoms with Crippen LogP contribution in [0.4, 0.5) is 0 Å². The summed E-state index contributed by atoms with van der Waals surface area (Å²) in [4.78, 5) is 19.6. The summed E-state index contributed by atoms with van der Waals surface area (Å²) in [6, 6.07) is 1.55. The van der Waals surface area contributed by atoms with E-state index in [9.17, 15) is 4.79 Å². The van der Waals surface area contributed by atoms with E-state index in [1.54, 1.807) is 6.07 Å². The first kappa shape index (κ1) is 10.7. The van der Waals surface area contributed by atoms with E-state index in [1.807, 2.05) is 0 Å². The molecule has 1 saturated heterocycles. The zero-order valence-corrected chi connectivity index (χ0v) is 9.43. The number of ether oxygens (including phenoxy) is 1. The van der Waals surface area contributed by atoms with Crippen LogP contribution < -0.4 is 0 Å². The predicted molar refractivity (Wildman–Crippen MR) is 58.9 cm³/mol. The van der Waals surface area contributed by atoms with Crippen molar-refractivity contribution in [3.63, 3.8) is 0 Å². The molecule has 0 amide bonds. The van der Waals surface area contributed by atoms with Gasteiger partial charge in [0.05, 0.1) is 11.8 Å². The maximum atomic E-state index is 11.0. The van der Waals surface area contributed by atoms with Gasteiger partial charge in [0.2, 0.25) is 0 Å². The molecule has 0 aromatic carbocycles. The summed E-state index contributed by atoms with van der Waals surface area (Å²) in [6.45, 7) is 0.732. The number of rotatable bonds is 3. The number of carbonyl (C=O) groups is 1. The number of carboxylic acid groups (broad SMARTS) is 1. The van der Waals surface area contributed by atoms with Crippen LogP contribution in [0.1, 0.15) is 59.7 Å². The molecule has 2 aliphatic rings. The lowest BCUT2D eigenvalue weighted by molar-refractivity contribution is 0.0688. The summed E-state index contributed by atoms with van der Waals surface area (Å²) in [5.41, 5.74) is 0.823. The zero-order valence-electron chi connectivity index (χ0n) is 9.43. The van der Waals surface area contributed by atoms with Crippen LogP contribution in [0.15, 0.2) is 6.07 Å². The van der Waals surface area contributed by atoms with Crippen molar-refractivity contribution in [2.75, 3.05) is 6.61 Å². The second-order valence-electron chi connectivity index (χ2n) is 4.62. The monoisotopic (exact) mass is 234 g/mol. The van der Waals surface area contributed by atoms with Crippen molar-refractivity contribution in [2.24, 2.45) is 0 Å². The van der Waals surface area contributed by atoms with Crippen molar-refractivity contribution < 1.29 is 14.6 Å². The van der Waals surface area contributed by atoms with E-state index in [1.165, 1.54) is 0 Å². The molecule has 2 heterocycles. The van der Waals surface area contributed by atoms with Gasteiger partial charge in [-0.15, -0.1) is 0 Å². The van der Waals surface area contributed by atoms with Gasteiger partial charge < -0.3 is 9.84 Å². The largest absolute Gasteiger partial charge is 0.477 e. The molecular weight excluding hydrogens is 220 g/mol. The smallest absolute Gasteiger partial charge is 0.354 e. The first-order valence-corrected chi connectivity index (χ1v) is 5.98. The Hall–Kier alpha value is -1.49. The van der Waals surface area contributed by atoms with Crippen LogP contribution in [0, 0.1) is 0 Å². The topological polar surface area (TPSA) is 72.3 Å². The third-order valence-electron chi connectivity index (χ3n) is 3.18. The second-order valence-corrected chi connectivity index (χ2v) is 4.62. The summed E-state index contributed by atoms with van der Waals surface area (Å²) < 4.78 is 5.55. The maximum Gasteiger partial charge on any atom is 0.354 e. The first-order chi connectivity index (χ1) is 8.24. The van der Waals surface area contributed by atoms with Crippen LogP contribution in [0.2, 0.25) is 0 Å². The Labute approximate surface area is 98.8 Å². The average molecular weight is 234 g/mol. The SMILES string of the molecule is O=C(O)c1cc([C@H]2CCCO2)nc(C2CC2)n1. The van der Waals surface area contributed by atoms with E-state index in [4.69, 9.17) is 9.84 Å². The highest BCUT2D eigenvalue weighted by atomic mass is 16.5. The number of hydrogen-bond donors (Lipinski definition) is 1. The zero-order chi connectivity index (χ0) is 11.8. The van der Waals surface area contributed by atoms with Gasteiger partial charge in [-0.2, -0.15) is 0 Å². The van der Waals surface area contributed by atoms with Crippen molar-refractivity contribution in [1.82, 2.24) is 9.97 Å². The highest BCUT2D eigenvalue weighted by Crippen LogP contribution is 2.39. The molecule has 0 unspecified atom stereocenters. The third kappa shape index (κ3) is 2.15. The molecule has 17 heavy (non-hydrogen) atoms. The van der Waals surface area contributed by atoms with Gasteiger partial charge in [-0.3, -0.25) is 0 Å². The molecule has 3 rings (SSSR count). The molecule has 90 valence electrons. The van der Waals surface area contributed by atoms with E-state index in [-0.39, 0.29) is 11.8 Å². The fraction of sp³-hybridized carbons (Fsp3) is 0.583. The molecule has 2 fully saturated rings. The standard InChI is InChI=1S/C12H14N2O3/c15-12(16)9-6-8(10-2-1-5-17-10)13-11(14-9)7-3-4-7/h6-7,10H,1-5H2,(H,15,16)/t10-/m1/s1. The lowest BCUT2D eigenvalue weighted by Crippen LogP contribution is -2.10. The molecule has 1 aliphatic heterocycles. The Morgan fingerprint density at radius 3 is 2.76 bits per heavy atom. The second kappa shape index (κ2) is 4.07. The highest BCUT2D eigenvalue weighted by Gasteiger charge is 2.30. The minimum Gasteiger partial charge on any atom is -0.477 e. The summed E-state index contributed by atoms with van der Waals surface area (Å²) in [5.74, 6) is 0.0402. The molecule has 0 spiro atoms. The quantitative estimate of drug-likeness (QED) is 0.864. The number of aromatic carboxylic acids is 1. The fourth-order valence-electron chi connectivity index (χ4n) is 2.09. The Morgan fingerprint density at radius 1 is 1.35 bits per heavy atom. The Kier molecular flexibility index (Phi) is 2.55. The van der Waals surface area contributed by atoms with Gasteiger partial charge in [0.25, 0.3) is 0 Å². The van der Waals surface area contributed by atoms with Crippen LogP contribution in [-0.2, 0) is 4.74 Å². The molecule has 1 saturated carbocycles. The van der Waals surface area contributed by atoms with Crippen LogP contribution in [0.25, 0.3) is 0 Å². The summed E-state index contributed by atoms with van der Waals surface area (Å²) in [7, 11) is 0. The average Bonchev–Trinajstić information content (AvgIpc) is 3.04. The van der Waals surface area contributed by atoms with Crippen LogP contribution in [-0.4, -0.2) is 27.7 Å². The van der Waals surface area contributed by atoms with Crippen LogP contribution >= 0.6 is 0 Å². The van der Waals surface area contributed by atoms with Gasteiger partial charge in [0.1, 0.15) is 5.82 Å². The minimum atomic E-state index is -0.992. The van der Waals surface area contributed by atoms with Crippen molar-refractivity contribution >= 4 is 5.97 Å². The number of aromatic nitrogens is 2. The molecule has 1 aromatic rings. The van der Waals surface area contributed by atoms with Crippen LogP contribution in [0.3, 0.4) is 0 Å². The fourth-order valence-corrected chi connectivity index (χ4v) is 2.09. The Balaban J connectivity index is 1.97.